The van der Waals surface area contributed by atoms with Crippen molar-refractivity contribution in [2.45, 2.75) is 13.0 Å². The van der Waals surface area contributed by atoms with Crippen molar-refractivity contribution in [2.75, 3.05) is 7.11 Å². The van der Waals surface area contributed by atoms with E-state index in [4.69, 9.17) is 9.05 Å². The van der Waals surface area contributed by atoms with Gasteiger partial charge < -0.3 is 9.26 Å². The minimum atomic E-state index is -2.71. The molecule has 2 aromatic rings. The fourth-order valence-corrected chi connectivity index (χ4v) is 2.53. The van der Waals surface area contributed by atoms with Crippen molar-refractivity contribution < 1.29 is 23.1 Å². The highest BCUT2D eigenvalue weighted by Gasteiger charge is 2.11. The molecule has 0 aliphatic heterocycles. The van der Waals surface area contributed by atoms with Gasteiger partial charge in [-0.1, -0.05) is 48.5 Å². The second kappa shape index (κ2) is 8.37. The first-order chi connectivity index (χ1) is 10.7. The van der Waals surface area contributed by atoms with Crippen LogP contribution in [0.4, 0.5) is 0 Å². The normalized spacial score (nSPS) is 11.7. The smallest absolute Gasteiger partial charge is 0.368 e. The summed E-state index contributed by atoms with van der Waals surface area (Å²) in [5, 5.41) is 0. The molecule has 5 nitrogen and oxygen atoms in total. The summed E-state index contributed by atoms with van der Waals surface area (Å²) >= 11 is 0. The Kier molecular flexibility index (Phi) is 6.19. The van der Waals surface area contributed by atoms with Gasteiger partial charge in [0, 0.05) is 5.56 Å². The largest absolute Gasteiger partial charge is 0.469 e. The Hall–Kier alpha value is -2.10. The highest BCUT2D eigenvalue weighted by atomic mass is 31.1. The zero-order valence-electron chi connectivity index (χ0n) is 12.2. The summed E-state index contributed by atoms with van der Waals surface area (Å²) in [6.07, 6.45) is 0.0561. The quantitative estimate of drug-likeness (QED) is 0.578. The van der Waals surface area contributed by atoms with Crippen LogP contribution in [-0.4, -0.2) is 13.1 Å². The summed E-state index contributed by atoms with van der Waals surface area (Å²) in [5.74, 6) is -0.0224. The summed E-state index contributed by atoms with van der Waals surface area (Å²) in [7, 11) is -1.39. The Labute approximate surface area is 129 Å². The van der Waals surface area contributed by atoms with E-state index in [2.05, 4.69) is 4.74 Å². The van der Waals surface area contributed by atoms with E-state index >= 15 is 0 Å². The van der Waals surface area contributed by atoms with Crippen LogP contribution in [0, 0.1) is 0 Å². The second-order valence-electron chi connectivity index (χ2n) is 4.49. The molecule has 0 saturated heterocycles. The third kappa shape index (κ3) is 5.02. The van der Waals surface area contributed by atoms with Gasteiger partial charge in [0.2, 0.25) is 0 Å². The number of para-hydroxylation sites is 1. The van der Waals surface area contributed by atoms with Crippen molar-refractivity contribution in [3.05, 3.63) is 65.7 Å². The van der Waals surface area contributed by atoms with Gasteiger partial charge in [-0.15, -0.1) is 0 Å². The molecule has 0 heterocycles. The lowest BCUT2D eigenvalue weighted by Crippen LogP contribution is -2.05. The predicted molar refractivity (Wildman–Crippen MR) is 83.0 cm³/mol. The Morgan fingerprint density at radius 1 is 1.05 bits per heavy atom. The molecule has 2 rings (SSSR count). The molecule has 0 aliphatic rings. The van der Waals surface area contributed by atoms with Gasteiger partial charge in [0.25, 0.3) is 0 Å². The number of rotatable bonds is 7. The van der Waals surface area contributed by atoms with E-state index in [1.165, 1.54) is 7.11 Å². The van der Waals surface area contributed by atoms with Gasteiger partial charge >= 0.3 is 14.2 Å². The first-order valence-corrected chi connectivity index (χ1v) is 7.95. The van der Waals surface area contributed by atoms with Gasteiger partial charge in [0.05, 0.1) is 20.1 Å². The van der Waals surface area contributed by atoms with Gasteiger partial charge in [-0.05, 0) is 11.6 Å². The predicted octanol–water partition coefficient (Wildman–Crippen LogP) is 3.39. The number of ether oxygens (including phenoxy) is 1. The maximum absolute atomic E-state index is 11.9. The van der Waals surface area contributed by atoms with Crippen LogP contribution in [-0.2, 0) is 31.6 Å². The van der Waals surface area contributed by atoms with Crippen LogP contribution in [0.15, 0.2) is 54.6 Å². The third-order valence-electron chi connectivity index (χ3n) is 2.93. The highest BCUT2D eigenvalue weighted by molar-refractivity contribution is 7.33. The second-order valence-corrected chi connectivity index (χ2v) is 5.48. The van der Waals surface area contributed by atoms with E-state index in [1.54, 1.807) is 24.3 Å². The topological polar surface area (TPSA) is 61.8 Å². The summed E-state index contributed by atoms with van der Waals surface area (Å²) in [5.41, 5.74) is 1.52. The summed E-state index contributed by atoms with van der Waals surface area (Å²) < 4.78 is 27.1. The molecule has 0 aromatic heterocycles. The molecular weight excluding hydrogens is 303 g/mol. The van der Waals surface area contributed by atoms with Crippen LogP contribution in [0.5, 0.6) is 5.75 Å². The fraction of sp³-hybridized carbons (Fsp3) is 0.188. The number of benzene rings is 2. The van der Waals surface area contributed by atoms with Gasteiger partial charge in [0.15, 0.2) is 0 Å². The number of hydrogen-bond acceptors (Lipinski definition) is 5. The molecule has 2 aromatic carbocycles. The Bertz CT molecular complexity index is 642. The van der Waals surface area contributed by atoms with Crippen LogP contribution >= 0.6 is 8.25 Å². The number of methoxy groups -OCH3 is 1. The molecule has 0 fully saturated rings. The standard InChI is InChI=1S/C16H17O5P/c1-19-16(17)11-14-9-5-6-10-15(14)21-22(18)20-12-13-7-3-2-4-8-13/h2-10,22H,11-12H2,1H3. The first-order valence-electron chi connectivity index (χ1n) is 6.72. The van der Waals surface area contributed by atoms with Gasteiger partial charge in [-0.25, -0.2) is 4.57 Å². The van der Waals surface area contributed by atoms with Crippen LogP contribution in [0.1, 0.15) is 11.1 Å². The van der Waals surface area contributed by atoms with Crippen LogP contribution in [0.3, 0.4) is 0 Å². The molecule has 6 heteroatoms. The van der Waals surface area contributed by atoms with E-state index in [-0.39, 0.29) is 19.0 Å². The SMILES string of the molecule is COC(=O)Cc1ccccc1O[PH](=O)OCc1ccccc1. The molecule has 0 radical (unpaired) electrons. The highest BCUT2D eigenvalue weighted by Crippen LogP contribution is 2.31. The average molecular weight is 320 g/mol. The fourth-order valence-electron chi connectivity index (χ4n) is 1.81. The van der Waals surface area contributed by atoms with Crippen molar-refractivity contribution in [1.82, 2.24) is 0 Å². The molecular formula is C16H17O5P. The molecule has 22 heavy (non-hydrogen) atoms. The molecule has 116 valence electrons. The molecule has 1 unspecified atom stereocenters. The zero-order valence-corrected chi connectivity index (χ0v) is 13.2. The van der Waals surface area contributed by atoms with Crippen LogP contribution < -0.4 is 4.52 Å². The molecule has 1 atom stereocenters. The summed E-state index contributed by atoms with van der Waals surface area (Å²) in [4.78, 5) is 11.4. The molecule has 0 spiro atoms. The van der Waals surface area contributed by atoms with Crippen molar-refractivity contribution in [3.8, 4) is 5.75 Å². The Morgan fingerprint density at radius 3 is 2.45 bits per heavy atom. The van der Waals surface area contributed by atoms with Crippen molar-refractivity contribution >= 4 is 14.2 Å². The maximum atomic E-state index is 11.9. The minimum absolute atomic E-state index is 0.0561. The van der Waals surface area contributed by atoms with Crippen molar-refractivity contribution in [3.63, 3.8) is 0 Å². The molecule has 0 amide bonds. The lowest BCUT2D eigenvalue weighted by molar-refractivity contribution is -0.139. The summed E-state index contributed by atoms with van der Waals surface area (Å²) in [6.45, 7) is 0.206. The van der Waals surface area contributed by atoms with E-state index < -0.39 is 8.25 Å². The van der Waals surface area contributed by atoms with Crippen LogP contribution in [0.25, 0.3) is 0 Å². The van der Waals surface area contributed by atoms with E-state index in [9.17, 15) is 9.36 Å². The average Bonchev–Trinajstić information content (AvgIpc) is 2.55. The number of carbonyl (C=O) groups excluding carboxylic acids is 1. The number of hydrogen-bond donors (Lipinski definition) is 0. The first kappa shape index (κ1) is 16.3. The summed E-state index contributed by atoms with van der Waals surface area (Å²) in [6, 6.07) is 16.3. The van der Waals surface area contributed by atoms with Crippen molar-refractivity contribution in [2.24, 2.45) is 0 Å². The lowest BCUT2D eigenvalue weighted by Gasteiger charge is -2.10. The molecule has 0 saturated carbocycles. The van der Waals surface area contributed by atoms with Gasteiger partial charge in [-0.2, -0.15) is 0 Å². The van der Waals surface area contributed by atoms with E-state index in [1.807, 2.05) is 30.3 Å². The van der Waals surface area contributed by atoms with Crippen molar-refractivity contribution in [1.29, 1.82) is 0 Å². The van der Waals surface area contributed by atoms with Gasteiger partial charge in [-0.3, -0.25) is 9.32 Å². The monoisotopic (exact) mass is 320 g/mol. The number of carbonyl (C=O) groups is 1. The number of esters is 1. The third-order valence-corrected chi connectivity index (χ3v) is 3.69. The van der Waals surface area contributed by atoms with Crippen LogP contribution in [0.2, 0.25) is 0 Å². The van der Waals surface area contributed by atoms with Gasteiger partial charge in [0.1, 0.15) is 5.75 Å². The maximum Gasteiger partial charge on any atom is 0.368 e. The van der Waals surface area contributed by atoms with E-state index in [0.29, 0.717) is 11.3 Å². The minimum Gasteiger partial charge on any atom is -0.469 e. The molecule has 0 N–H and O–H groups in total. The Morgan fingerprint density at radius 2 is 1.73 bits per heavy atom. The molecule has 0 aliphatic carbocycles. The molecule has 0 bridgehead atoms. The zero-order chi connectivity index (χ0) is 15.8. The van der Waals surface area contributed by atoms with E-state index in [0.717, 1.165) is 5.56 Å². The Balaban J connectivity index is 1.95. The lowest BCUT2D eigenvalue weighted by atomic mass is 10.1.